The van der Waals surface area contributed by atoms with Gasteiger partial charge >= 0.3 is 18.0 Å². The number of urea groups is 1. The molecule has 3 amide bonds. The Morgan fingerprint density at radius 1 is 1.19 bits per heavy atom. The number of carbonyl (C=O) groups is 4. The number of nitrogens with two attached hydrogens (primary N) is 2. The van der Waals surface area contributed by atoms with Gasteiger partial charge in [-0.25, -0.2) is 9.59 Å². The lowest BCUT2D eigenvalue weighted by atomic mass is 10.0. The zero-order valence-electron chi connectivity index (χ0n) is 18.6. The molecule has 0 aromatic heterocycles. The van der Waals surface area contributed by atoms with E-state index in [1.807, 2.05) is 20.8 Å². The summed E-state index contributed by atoms with van der Waals surface area (Å²) < 4.78 is 0. The highest BCUT2D eigenvalue weighted by Crippen LogP contribution is 2.24. The molecule has 176 valence electrons. The summed E-state index contributed by atoms with van der Waals surface area (Å²) in [5.74, 6) is -2.25. The number of nitrogens with zero attached hydrogens (tertiary/aromatic N) is 2. The Balaban J connectivity index is 0.000000363. The lowest BCUT2D eigenvalue weighted by Crippen LogP contribution is -2.48. The van der Waals surface area contributed by atoms with E-state index in [1.54, 1.807) is 24.3 Å². The average molecular weight is 467 g/mol. The number of amides is 3. The summed E-state index contributed by atoms with van der Waals surface area (Å²) in [6, 6.07) is 4.76. The zero-order valence-corrected chi connectivity index (χ0v) is 19.4. The molecule has 0 aliphatic carbocycles. The van der Waals surface area contributed by atoms with Crippen LogP contribution in [0.15, 0.2) is 24.3 Å². The second kappa shape index (κ2) is 11.0. The number of carboxylic acids is 2. The van der Waals surface area contributed by atoms with Gasteiger partial charge in [-0.05, 0) is 44.9 Å². The van der Waals surface area contributed by atoms with Crippen LogP contribution in [0, 0.1) is 0 Å². The fourth-order valence-electron chi connectivity index (χ4n) is 3.21. The SMILES string of the molecule is CC(=O)N1CC(=S)C[C@H]1C(=O)O.CC(C)(C)N(C(N)=O)c1ccc(C[C@H](N)C(=O)O)cc1. The van der Waals surface area contributed by atoms with Gasteiger partial charge in [-0.15, -0.1) is 0 Å². The molecule has 32 heavy (non-hydrogen) atoms. The second-order valence-corrected chi connectivity index (χ2v) is 8.98. The number of thiocarbonyl (C=S) groups is 1. The molecule has 1 aliphatic heterocycles. The molecule has 0 bridgehead atoms. The molecule has 0 saturated carbocycles. The molecule has 6 N–H and O–H groups in total. The summed E-state index contributed by atoms with van der Waals surface area (Å²) in [6.45, 7) is 7.30. The third kappa shape index (κ3) is 7.57. The molecular weight excluding hydrogens is 436 g/mol. The monoisotopic (exact) mass is 466 g/mol. The highest BCUT2D eigenvalue weighted by atomic mass is 32.1. The number of carbonyl (C=O) groups excluding carboxylic acids is 2. The first-order valence-electron chi connectivity index (χ1n) is 9.83. The van der Waals surface area contributed by atoms with Crippen molar-refractivity contribution in [2.75, 3.05) is 11.4 Å². The Labute approximate surface area is 192 Å². The van der Waals surface area contributed by atoms with Gasteiger partial charge in [-0.2, -0.15) is 0 Å². The fraction of sp³-hybridized carbons (Fsp3) is 0.476. The van der Waals surface area contributed by atoms with Crippen molar-refractivity contribution in [3.8, 4) is 0 Å². The van der Waals surface area contributed by atoms with Gasteiger partial charge in [0.05, 0.1) is 6.54 Å². The van der Waals surface area contributed by atoms with Crippen LogP contribution in [0.1, 0.15) is 39.7 Å². The van der Waals surface area contributed by atoms with Crippen LogP contribution in [0.5, 0.6) is 0 Å². The maximum absolute atomic E-state index is 11.5. The van der Waals surface area contributed by atoms with Crippen LogP contribution < -0.4 is 16.4 Å². The molecule has 1 aromatic carbocycles. The van der Waals surface area contributed by atoms with Gasteiger partial charge in [-0.3, -0.25) is 14.5 Å². The molecule has 11 heteroatoms. The van der Waals surface area contributed by atoms with E-state index in [2.05, 4.69) is 0 Å². The van der Waals surface area contributed by atoms with Crippen LogP contribution >= 0.6 is 12.2 Å². The maximum Gasteiger partial charge on any atom is 0.326 e. The van der Waals surface area contributed by atoms with Gasteiger partial charge in [0.15, 0.2) is 0 Å². The second-order valence-electron chi connectivity index (χ2n) is 8.40. The minimum atomic E-state index is -1.04. The summed E-state index contributed by atoms with van der Waals surface area (Å²) in [5.41, 5.74) is 11.9. The van der Waals surface area contributed by atoms with Gasteiger partial charge in [0.2, 0.25) is 5.91 Å². The van der Waals surface area contributed by atoms with E-state index in [4.69, 9.17) is 33.9 Å². The predicted molar refractivity (Wildman–Crippen MR) is 124 cm³/mol. The van der Waals surface area contributed by atoms with Crippen molar-refractivity contribution in [2.45, 2.75) is 58.2 Å². The minimum Gasteiger partial charge on any atom is -0.480 e. The van der Waals surface area contributed by atoms with E-state index in [0.717, 1.165) is 5.56 Å². The minimum absolute atomic E-state index is 0.234. The number of aliphatic carboxylic acids is 2. The highest BCUT2D eigenvalue weighted by Gasteiger charge is 2.35. The van der Waals surface area contributed by atoms with Crippen LogP contribution in [0.25, 0.3) is 0 Å². The lowest BCUT2D eigenvalue weighted by molar-refractivity contribution is -0.147. The topological polar surface area (TPSA) is 167 Å². The largest absolute Gasteiger partial charge is 0.480 e. The first-order valence-corrected chi connectivity index (χ1v) is 10.2. The Morgan fingerprint density at radius 3 is 2.06 bits per heavy atom. The van der Waals surface area contributed by atoms with Crippen LogP contribution in [0.2, 0.25) is 0 Å². The number of hydrogen-bond acceptors (Lipinski definition) is 6. The molecule has 10 nitrogen and oxygen atoms in total. The average Bonchev–Trinajstić information content (AvgIpc) is 3.05. The molecule has 1 aromatic rings. The Bertz CT molecular complexity index is 857. The summed E-state index contributed by atoms with van der Waals surface area (Å²) in [6.07, 6.45) is 0.548. The molecule has 1 aliphatic rings. The number of rotatable bonds is 5. The molecule has 1 saturated heterocycles. The number of likely N-dealkylation sites (tertiary alicyclic amines) is 1. The molecule has 2 rings (SSSR count). The standard InChI is InChI=1S/C14H21N3O3.C7H9NO3S/c1-14(2,3)17(13(16)20)10-6-4-9(5-7-10)8-11(15)12(18)19;1-4(9)8-3-5(12)2-6(8)7(10)11/h4-7,11H,8,15H2,1-3H3,(H2,16,20)(H,18,19);6H,2-3H2,1H3,(H,10,11)/t11-;6-/m00/s1. The zero-order chi connectivity index (χ0) is 24.8. The van der Waals surface area contributed by atoms with E-state index < -0.39 is 35.6 Å². The molecule has 1 fully saturated rings. The maximum atomic E-state index is 11.5. The number of carboxylic acid groups (broad SMARTS) is 2. The Kier molecular flexibility index (Phi) is 9.28. The van der Waals surface area contributed by atoms with E-state index in [0.29, 0.717) is 23.5 Å². The first-order chi connectivity index (χ1) is 14.6. The van der Waals surface area contributed by atoms with Crippen molar-refractivity contribution in [1.29, 1.82) is 0 Å². The summed E-state index contributed by atoms with van der Waals surface area (Å²) in [5, 5.41) is 17.5. The van der Waals surface area contributed by atoms with Crippen molar-refractivity contribution < 1.29 is 29.4 Å². The molecule has 0 spiro atoms. The number of benzene rings is 1. The van der Waals surface area contributed by atoms with E-state index in [9.17, 15) is 19.2 Å². The van der Waals surface area contributed by atoms with Crippen LogP contribution in [0.3, 0.4) is 0 Å². The van der Waals surface area contributed by atoms with Gasteiger partial charge < -0.3 is 26.6 Å². The number of hydrogen-bond donors (Lipinski definition) is 4. The summed E-state index contributed by atoms with van der Waals surface area (Å²) in [4.78, 5) is 47.2. The summed E-state index contributed by atoms with van der Waals surface area (Å²) in [7, 11) is 0. The fourth-order valence-corrected chi connectivity index (χ4v) is 3.51. The lowest BCUT2D eigenvalue weighted by Gasteiger charge is -2.34. The van der Waals surface area contributed by atoms with Crippen molar-refractivity contribution >= 4 is 46.6 Å². The van der Waals surface area contributed by atoms with Crippen LogP contribution in [-0.2, 0) is 20.8 Å². The number of anilines is 1. The van der Waals surface area contributed by atoms with Crippen molar-refractivity contribution in [1.82, 2.24) is 4.90 Å². The van der Waals surface area contributed by atoms with Crippen molar-refractivity contribution in [3.05, 3.63) is 29.8 Å². The predicted octanol–water partition coefficient (Wildman–Crippen LogP) is 1.39. The third-order valence-electron chi connectivity index (χ3n) is 4.69. The van der Waals surface area contributed by atoms with Crippen molar-refractivity contribution in [2.24, 2.45) is 11.5 Å². The Morgan fingerprint density at radius 2 is 1.72 bits per heavy atom. The van der Waals surface area contributed by atoms with Gasteiger partial charge in [0, 0.05) is 29.4 Å². The summed E-state index contributed by atoms with van der Waals surface area (Å²) >= 11 is 4.85. The molecular formula is C21H30N4O6S. The highest BCUT2D eigenvalue weighted by molar-refractivity contribution is 7.80. The number of primary amides is 1. The quantitative estimate of drug-likeness (QED) is 0.472. The van der Waals surface area contributed by atoms with E-state index in [-0.39, 0.29) is 12.3 Å². The smallest absolute Gasteiger partial charge is 0.326 e. The van der Waals surface area contributed by atoms with Crippen molar-refractivity contribution in [3.63, 3.8) is 0 Å². The third-order valence-corrected chi connectivity index (χ3v) is 4.99. The Hall–Kier alpha value is -3.05. The first kappa shape index (κ1) is 27.0. The van der Waals surface area contributed by atoms with Crippen LogP contribution in [-0.4, -0.2) is 68.0 Å². The van der Waals surface area contributed by atoms with E-state index in [1.165, 1.54) is 16.7 Å². The van der Waals surface area contributed by atoms with Crippen LogP contribution in [0.4, 0.5) is 10.5 Å². The normalized spacial score (nSPS) is 16.6. The molecule has 2 atom stereocenters. The van der Waals surface area contributed by atoms with Gasteiger partial charge in [-0.1, -0.05) is 24.4 Å². The van der Waals surface area contributed by atoms with E-state index >= 15 is 0 Å². The molecule has 0 radical (unpaired) electrons. The van der Waals surface area contributed by atoms with Gasteiger partial charge in [0.25, 0.3) is 0 Å². The van der Waals surface area contributed by atoms with Gasteiger partial charge in [0.1, 0.15) is 12.1 Å². The molecule has 1 heterocycles. The molecule has 0 unspecified atom stereocenters.